The van der Waals surface area contributed by atoms with E-state index < -0.39 is 0 Å². The molecular formula is C21H23N3O2S. The number of benzene rings is 2. The molecule has 140 valence electrons. The lowest BCUT2D eigenvalue weighted by Gasteiger charge is -2.34. The zero-order valence-electron chi connectivity index (χ0n) is 15.4. The minimum atomic E-state index is 0.0520. The molecule has 6 heteroatoms. The van der Waals surface area contributed by atoms with E-state index in [1.165, 1.54) is 4.70 Å². The predicted molar refractivity (Wildman–Crippen MR) is 108 cm³/mol. The van der Waals surface area contributed by atoms with Gasteiger partial charge in [0.2, 0.25) is 0 Å². The van der Waals surface area contributed by atoms with Gasteiger partial charge in [-0.1, -0.05) is 24.3 Å². The summed E-state index contributed by atoms with van der Waals surface area (Å²) in [6, 6.07) is 16.0. The zero-order valence-corrected chi connectivity index (χ0v) is 16.2. The number of aryl methyl sites for hydroxylation is 1. The van der Waals surface area contributed by atoms with Crippen molar-refractivity contribution >= 4 is 27.5 Å². The second-order valence-electron chi connectivity index (χ2n) is 6.84. The normalized spacial score (nSPS) is 15.2. The Balaban J connectivity index is 1.26. The summed E-state index contributed by atoms with van der Waals surface area (Å²) in [5.74, 6) is 0.800. The highest BCUT2D eigenvalue weighted by Crippen LogP contribution is 2.23. The number of hydrogen-bond donors (Lipinski definition) is 0. The first-order valence-electron chi connectivity index (χ1n) is 9.21. The van der Waals surface area contributed by atoms with Crippen molar-refractivity contribution < 1.29 is 9.53 Å². The molecule has 0 atom stereocenters. The largest absolute Gasteiger partial charge is 0.484 e. The van der Waals surface area contributed by atoms with Gasteiger partial charge in [-0.05, 0) is 36.8 Å². The summed E-state index contributed by atoms with van der Waals surface area (Å²) in [5, 5.41) is 1.14. The van der Waals surface area contributed by atoms with Crippen molar-refractivity contribution in [1.29, 1.82) is 0 Å². The number of para-hydroxylation sites is 1. The number of thiazole rings is 1. The first kappa shape index (κ1) is 17.9. The molecule has 0 bridgehead atoms. The maximum atomic E-state index is 12.4. The van der Waals surface area contributed by atoms with Crippen LogP contribution in [-0.2, 0) is 11.3 Å². The predicted octanol–water partition coefficient (Wildman–Crippen LogP) is 3.33. The van der Waals surface area contributed by atoms with Crippen LogP contribution in [0.25, 0.3) is 10.2 Å². The van der Waals surface area contributed by atoms with Crippen LogP contribution in [0.5, 0.6) is 5.75 Å². The van der Waals surface area contributed by atoms with E-state index in [0.717, 1.165) is 54.6 Å². The Labute approximate surface area is 163 Å². The minimum absolute atomic E-state index is 0.0520. The van der Waals surface area contributed by atoms with E-state index in [1.807, 2.05) is 48.2 Å². The molecule has 1 amide bonds. The van der Waals surface area contributed by atoms with Crippen molar-refractivity contribution in [3.63, 3.8) is 0 Å². The van der Waals surface area contributed by atoms with Crippen LogP contribution in [0, 0.1) is 6.92 Å². The second kappa shape index (κ2) is 8.06. The van der Waals surface area contributed by atoms with Gasteiger partial charge in [-0.15, -0.1) is 11.3 Å². The van der Waals surface area contributed by atoms with Crippen LogP contribution in [0.1, 0.15) is 10.6 Å². The fourth-order valence-corrected chi connectivity index (χ4v) is 4.29. The molecule has 1 aromatic heterocycles. The average molecular weight is 382 g/mol. The Bertz CT molecular complexity index is 899. The summed E-state index contributed by atoms with van der Waals surface area (Å²) < 4.78 is 6.88. The number of nitrogens with zero attached hydrogens (tertiary/aromatic N) is 3. The second-order valence-corrected chi connectivity index (χ2v) is 7.95. The maximum Gasteiger partial charge on any atom is 0.260 e. The Hall–Kier alpha value is -2.44. The molecule has 0 spiro atoms. The van der Waals surface area contributed by atoms with Gasteiger partial charge in [0.15, 0.2) is 6.61 Å². The van der Waals surface area contributed by atoms with Gasteiger partial charge < -0.3 is 9.64 Å². The number of hydrogen-bond acceptors (Lipinski definition) is 5. The van der Waals surface area contributed by atoms with Crippen LogP contribution >= 0.6 is 11.3 Å². The van der Waals surface area contributed by atoms with E-state index in [2.05, 4.69) is 17.0 Å². The van der Waals surface area contributed by atoms with Crippen LogP contribution in [-0.4, -0.2) is 53.5 Å². The summed E-state index contributed by atoms with van der Waals surface area (Å²) in [6.45, 7) is 6.17. The zero-order chi connectivity index (χ0) is 18.6. The molecule has 27 heavy (non-hydrogen) atoms. The third kappa shape index (κ3) is 4.46. The minimum Gasteiger partial charge on any atom is -0.484 e. The number of amides is 1. The average Bonchev–Trinajstić information content (AvgIpc) is 3.09. The number of piperazine rings is 1. The van der Waals surface area contributed by atoms with Gasteiger partial charge in [0.1, 0.15) is 10.8 Å². The third-order valence-corrected chi connectivity index (χ3v) is 5.80. The molecule has 3 aromatic rings. The van der Waals surface area contributed by atoms with Crippen LogP contribution in [0.3, 0.4) is 0 Å². The standard InChI is InChI=1S/C21H23N3O2S/c1-16-5-4-6-17(13-16)26-15-21(25)24-11-9-23(10-12-24)14-20-22-18-7-2-3-8-19(18)27-20/h2-8,13H,9-12,14-15H2,1H3. The third-order valence-electron chi connectivity index (χ3n) is 4.77. The Morgan fingerprint density at radius 3 is 2.70 bits per heavy atom. The van der Waals surface area contributed by atoms with Crippen molar-refractivity contribution in [2.45, 2.75) is 13.5 Å². The molecule has 5 nitrogen and oxygen atoms in total. The first-order valence-corrected chi connectivity index (χ1v) is 10.0. The molecule has 4 rings (SSSR count). The molecule has 0 saturated carbocycles. The number of carbonyl (C=O) groups excluding carboxylic acids is 1. The topological polar surface area (TPSA) is 45.7 Å². The lowest BCUT2D eigenvalue weighted by Crippen LogP contribution is -2.49. The summed E-state index contributed by atoms with van der Waals surface area (Å²) in [4.78, 5) is 21.4. The molecule has 1 aliphatic heterocycles. The number of aromatic nitrogens is 1. The quantitative estimate of drug-likeness (QED) is 0.680. The van der Waals surface area contributed by atoms with Gasteiger partial charge in [-0.25, -0.2) is 4.98 Å². The molecule has 1 saturated heterocycles. The molecule has 2 heterocycles. The highest BCUT2D eigenvalue weighted by Gasteiger charge is 2.22. The van der Waals surface area contributed by atoms with Crippen LogP contribution < -0.4 is 4.74 Å². The molecule has 1 fully saturated rings. The van der Waals surface area contributed by atoms with Crippen LogP contribution in [0.2, 0.25) is 0 Å². The van der Waals surface area contributed by atoms with Crippen molar-refractivity contribution in [2.24, 2.45) is 0 Å². The highest BCUT2D eigenvalue weighted by atomic mass is 32.1. The van der Waals surface area contributed by atoms with E-state index in [4.69, 9.17) is 9.72 Å². The van der Waals surface area contributed by atoms with Gasteiger partial charge in [-0.2, -0.15) is 0 Å². The van der Waals surface area contributed by atoms with E-state index >= 15 is 0 Å². The van der Waals surface area contributed by atoms with E-state index in [1.54, 1.807) is 11.3 Å². The fourth-order valence-electron chi connectivity index (χ4n) is 3.28. The van der Waals surface area contributed by atoms with E-state index in [9.17, 15) is 4.79 Å². The fraction of sp³-hybridized carbons (Fsp3) is 0.333. The number of rotatable bonds is 5. The molecular weight excluding hydrogens is 358 g/mol. The van der Waals surface area contributed by atoms with Crippen LogP contribution in [0.4, 0.5) is 0 Å². The Kier molecular flexibility index (Phi) is 5.36. The van der Waals surface area contributed by atoms with Crippen LogP contribution in [0.15, 0.2) is 48.5 Å². The van der Waals surface area contributed by atoms with Gasteiger partial charge in [0, 0.05) is 26.2 Å². The molecule has 0 aliphatic carbocycles. The summed E-state index contributed by atoms with van der Waals surface area (Å²) in [7, 11) is 0. The summed E-state index contributed by atoms with van der Waals surface area (Å²) in [6.07, 6.45) is 0. The molecule has 0 radical (unpaired) electrons. The molecule has 0 unspecified atom stereocenters. The van der Waals surface area contributed by atoms with Crippen molar-refractivity contribution in [3.05, 3.63) is 59.1 Å². The van der Waals surface area contributed by atoms with Gasteiger partial charge in [-0.3, -0.25) is 9.69 Å². The lowest BCUT2D eigenvalue weighted by atomic mass is 10.2. The molecule has 1 aliphatic rings. The lowest BCUT2D eigenvalue weighted by molar-refractivity contribution is -0.135. The smallest absolute Gasteiger partial charge is 0.260 e. The van der Waals surface area contributed by atoms with Gasteiger partial charge >= 0.3 is 0 Å². The number of ether oxygens (including phenoxy) is 1. The first-order chi connectivity index (χ1) is 13.2. The number of fused-ring (bicyclic) bond motifs is 1. The van der Waals surface area contributed by atoms with Crippen molar-refractivity contribution in [3.8, 4) is 5.75 Å². The van der Waals surface area contributed by atoms with E-state index in [-0.39, 0.29) is 12.5 Å². The summed E-state index contributed by atoms with van der Waals surface area (Å²) >= 11 is 1.75. The maximum absolute atomic E-state index is 12.4. The highest BCUT2D eigenvalue weighted by molar-refractivity contribution is 7.18. The summed E-state index contributed by atoms with van der Waals surface area (Å²) in [5.41, 5.74) is 2.20. The Morgan fingerprint density at radius 1 is 1.11 bits per heavy atom. The molecule has 2 aromatic carbocycles. The van der Waals surface area contributed by atoms with Gasteiger partial charge in [0.05, 0.1) is 16.8 Å². The SMILES string of the molecule is Cc1cccc(OCC(=O)N2CCN(Cc3nc4ccccc4s3)CC2)c1. The van der Waals surface area contributed by atoms with Gasteiger partial charge in [0.25, 0.3) is 5.91 Å². The van der Waals surface area contributed by atoms with Crippen molar-refractivity contribution in [1.82, 2.24) is 14.8 Å². The van der Waals surface area contributed by atoms with Crippen molar-refractivity contribution in [2.75, 3.05) is 32.8 Å². The Morgan fingerprint density at radius 2 is 1.93 bits per heavy atom. The van der Waals surface area contributed by atoms with E-state index in [0.29, 0.717) is 0 Å². The molecule has 0 N–H and O–H groups in total. The number of carbonyl (C=O) groups is 1. The monoisotopic (exact) mass is 381 g/mol.